The number of nitrogens with one attached hydrogen (secondary N) is 2. The number of hydrazine groups is 1. The predicted molar refractivity (Wildman–Crippen MR) is 152 cm³/mol. The number of carbonyl (C=O) groups is 1. The van der Waals surface area contributed by atoms with Gasteiger partial charge in [0.15, 0.2) is 12.0 Å². The predicted octanol–water partition coefficient (Wildman–Crippen LogP) is 6.06. The fraction of sp³-hybridized carbons (Fsp3) is 0.103. The number of methoxy groups -OCH3 is 1. The highest BCUT2D eigenvalue weighted by Crippen LogP contribution is 2.27. The van der Waals surface area contributed by atoms with Gasteiger partial charge in [-0.25, -0.2) is 4.99 Å². The van der Waals surface area contributed by atoms with Gasteiger partial charge in [-0.1, -0.05) is 30.3 Å². The Balaban J connectivity index is 1.31. The number of azo groups is 1. The molecule has 4 aromatic rings. The Bertz CT molecular complexity index is 1590. The molecular formula is C29H25N7O4. The van der Waals surface area contributed by atoms with Crippen LogP contribution in [0.4, 0.5) is 28.4 Å². The van der Waals surface area contributed by atoms with Crippen molar-refractivity contribution in [2.24, 2.45) is 15.2 Å². The molecule has 11 nitrogen and oxygen atoms in total. The summed E-state index contributed by atoms with van der Waals surface area (Å²) >= 11 is 0. The summed E-state index contributed by atoms with van der Waals surface area (Å²) in [5, 5.41) is 23.9. The number of aryl methyl sites for hydroxylation is 1. The molecule has 1 aliphatic heterocycles. The number of carbonyl (C=O) groups excluding carboxylic acids is 1. The Kier molecular flexibility index (Phi) is 7.56. The van der Waals surface area contributed by atoms with Crippen LogP contribution in [0.25, 0.3) is 0 Å². The molecule has 0 fully saturated rings. The first kappa shape index (κ1) is 26.2. The minimum Gasteiger partial charge on any atom is -0.497 e. The summed E-state index contributed by atoms with van der Waals surface area (Å²) in [7, 11) is 1.61. The maximum atomic E-state index is 13.2. The molecule has 1 heterocycles. The highest BCUT2D eigenvalue weighted by atomic mass is 16.6. The van der Waals surface area contributed by atoms with E-state index in [0.29, 0.717) is 22.9 Å². The van der Waals surface area contributed by atoms with Gasteiger partial charge in [-0.15, -0.1) is 0 Å². The number of hydrogen-bond acceptors (Lipinski definition) is 9. The fourth-order valence-corrected chi connectivity index (χ4v) is 4.04. The number of amides is 1. The molecule has 0 saturated heterocycles. The summed E-state index contributed by atoms with van der Waals surface area (Å²) in [6.45, 7) is 1.85. The van der Waals surface area contributed by atoms with Gasteiger partial charge in [0.2, 0.25) is 0 Å². The quantitative estimate of drug-likeness (QED) is 0.160. The molecule has 0 aromatic heterocycles. The van der Waals surface area contributed by atoms with Gasteiger partial charge in [0.25, 0.3) is 11.6 Å². The van der Waals surface area contributed by atoms with Gasteiger partial charge in [0.05, 0.1) is 29.1 Å². The molecule has 0 saturated carbocycles. The lowest BCUT2D eigenvalue weighted by atomic mass is 10.2. The lowest BCUT2D eigenvalue weighted by Gasteiger charge is -2.22. The number of benzene rings is 4. The van der Waals surface area contributed by atoms with Crippen LogP contribution in [0.5, 0.6) is 5.75 Å². The number of rotatable bonds is 8. The number of aliphatic imine (C=N–C) groups is 1. The Labute approximate surface area is 230 Å². The second-order valence-corrected chi connectivity index (χ2v) is 8.85. The van der Waals surface area contributed by atoms with E-state index in [1.807, 2.05) is 61.5 Å². The fourth-order valence-electron chi connectivity index (χ4n) is 4.04. The SMILES string of the molecule is COc1ccc(N2NC(C(=O)Nc3ccc(N=Nc4ccc([N+](=O)[O-])cc4)c(C)c3)N=C2c2ccccc2)cc1. The lowest BCUT2D eigenvalue weighted by Crippen LogP contribution is -2.45. The monoisotopic (exact) mass is 535 g/mol. The summed E-state index contributed by atoms with van der Waals surface area (Å²) in [4.78, 5) is 28.3. The number of nitrogens with zero attached hydrogens (tertiary/aromatic N) is 5. The molecule has 5 rings (SSSR count). The lowest BCUT2D eigenvalue weighted by molar-refractivity contribution is -0.384. The Morgan fingerprint density at radius 3 is 2.38 bits per heavy atom. The van der Waals surface area contributed by atoms with Crippen molar-refractivity contribution in [3.05, 3.63) is 118 Å². The highest BCUT2D eigenvalue weighted by molar-refractivity contribution is 6.13. The summed E-state index contributed by atoms with van der Waals surface area (Å²) in [5.41, 5.74) is 7.30. The van der Waals surface area contributed by atoms with Crippen molar-refractivity contribution in [2.45, 2.75) is 13.1 Å². The number of non-ortho nitro benzene ring substituents is 1. The van der Waals surface area contributed by atoms with Crippen LogP contribution >= 0.6 is 0 Å². The van der Waals surface area contributed by atoms with E-state index in [1.165, 1.54) is 24.3 Å². The normalized spacial score (nSPS) is 14.7. The summed E-state index contributed by atoms with van der Waals surface area (Å²) in [6.07, 6.45) is -0.862. The standard InChI is InChI=1S/C29H25N7O4/c1-19-18-22(10-17-26(19)33-32-21-8-11-24(12-9-21)36(38)39)30-29(37)27-31-28(20-6-4-3-5-7-20)35(34-27)23-13-15-25(40-2)16-14-23/h3-18,27,34H,1-2H3,(H,30,37). The van der Waals surface area contributed by atoms with Gasteiger partial charge in [-0.3, -0.25) is 19.9 Å². The Hall–Kier alpha value is -5.42. The molecule has 2 N–H and O–H groups in total. The third kappa shape index (κ3) is 5.84. The van der Waals surface area contributed by atoms with Crippen molar-refractivity contribution < 1.29 is 14.5 Å². The van der Waals surface area contributed by atoms with Crippen LogP contribution in [0.3, 0.4) is 0 Å². The van der Waals surface area contributed by atoms with E-state index in [2.05, 4.69) is 26.0 Å². The van der Waals surface area contributed by atoms with Crippen molar-refractivity contribution >= 4 is 40.2 Å². The zero-order valence-electron chi connectivity index (χ0n) is 21.7. The molecule has 40 heavy (non-hydrogen) atoms. The average Bonchev–Trinajstić information content (AvgIpc) is 3.43. The van der Waals surface area contributed by atoms with Gasteiger partial charge in [0, 0.05) is 23.4 Å². The van der Waals surface area contributed by atoms with E-state index in [1.54, 1.807) is 30.3 Å². The average molecular weight is 536 g/mol. The Morgan fingerprint density at radius 2 is 1.73 bits per heavy atom. The molecule has 1 aliphatic rings. The van der Waals surface area contributed by atoms with Crippen LogP contribution in [0, 0.1) is 17.0 Å². The van der Waals surface area contributed by atoms with Gasteiger partial charge in [-0.05, 0) is 67.1 Å². The van der Waals surface area contributed by atoms with Crippen LogP contribution in [0.2, 0.25) is 0 Å². The first-order valence-electron chi connectivity index (χ1n) is 12.3. The molecule has 1 amide bonds. The second kappa shape index (κ2) is 11.5. The van der Waals surface area contributed by atoms with Crippen LogP contribution < -0.4 is 20.5 Å². The van der Waals surface area contributed by atoms with Crippen LogP contribution in [-0.4, -0.2) is 29.9 Å². The van der Waals surface area contributed by atoms with Crippen molar-refractivity contribution in [3.63, 3.8) is 0 Å². The molecule has 0 spiro atoms. The highest BCUT2D eigenvalue weighted by Gasteiger charge is 2.31. The number of nitro benzene ring substituents is 1. The second-order valence-electron chi connectivity index (χ2n) is 8.85. The smallest absolute Gasteiger partial charge is 0.269 e. The van der Waals surface area contributed by atoms with E-state index < -0.39 is 11.1 Å². The number of ether oxygens (including phenoxy) is 1. The topological polar surface area (TPSA) is 134 Å². The number of anilines is 2. The van der Waals surface area contributed by atoms with Gasteiger partial charge in [-0.2, -0.15) is 15.7 Å². The van der Waals surface area contributed by atoms with Crippen molar-refractivity contribution in [1.29, 1.82) is 0 Å². The largest absolute Gasteiger partial charge is 0.497 e. The Morgan fingerprint density at radius 1 is 1.00 bits per heavy atom. The van der Waals surface area contributed by atoms with Gasteiger partial charge < -0.3 is 10.1 Å². The molecule has 0 bridgehead atoms. The minimum absolute atomic E-state index is 0.0145. The van der Waals surface area contributed by atoms with Crippen LogP contribution in [-0.2, 0) is 4.79 Å². The number of nitro groups is 1. The van der Waals surface area contributed by atoms with Crippen LogP contribution in [0.15, 0.2) is 112 Å². The van der Waals surface area contributed by atoms with Crippen molar-refractivity contribution in [1.82, 2.24) is 5.43 Å². The molecule has 1 atom stereocenters. The van der Waals surface area contributed by atoms with E-state index in [9.17, 15) is 14.9 Å². The molecule has 0 radical (unpaired) electrons. The van der Waals surface area contributed by atoms with E-state index in [0.717, 1.165) is 22.6 Å². The number of amidine groups is 1. The summed E-state index contributed by atoms with van der Waals surface area (Å²) < 4.78 is 5.27. The zero-order valence-corrected chi connectivity index (χ0v) is 21.7. The first-order valence-corrected chi connectivity index (χ1v) is 12.3. The molecule has 1 unspecified atom stereocenters. The molecular weight excluding hydrogens is 510 g/mol. The van der Waals surface area contributed by atoms with Crippen molar-refractivity contribution in [2.75, 3.05) is 17.4 Å². The zero-order chi connectivity index (χ0) is 28.1. The summed E-state index contributed by atoms with van der Waals surface area (Å²) in [5.74, 6) is 1.01. The molecule has 4 aromatic carbocycles. The van der Waals surface area contributed by atoms with E-state index in [4.69, 9.17) is 4.74 Å². The minimum atomic E-state index is -0.862. The number of hydrogen-bond donors (Lipinski definition) is 2. The molecule has 200 valence electrons. The van der Waals surface area contributed by atoms with Gasteiger partial charge in [0.1, 0.15) is 5.75 Å². The van der Waals surface area contributed by atoms with Crippen LogP contribution in [0.1, 0.15) is 11.1 Å². The maximum absolute atomic E-state index is 13.2. The summed E-state index contributed by atoms with van der Waals surface area (Å²) in [6, 6.07) is 28.2. The molecule has 11 heteroatoms. The maximum Gasteiger partial charge on any atom is 0.269 e. The van der Waals surface area contributed by atoms with Crippen molar-refractivity contribution in [3.8, 4) is 5.75 Å². The third-order valence-electron chi connectivity index (χ3n) is 6.12. The van der Waals surface area contributed by atoms with E-state index in [-0.39, 0.29) is 11.6 Å². The third-order valence-corrected chi connectivity index (χ3v) is 6.12. The van der Waals surface area contributed by atoms with Gasteiger partial charge >= 0.3 is 0 Å². The first-order chi connectivity index (χ1) is 19.4. The molecule has 0 aliphatic carbocycles. The van der Waals surface area contributed by atoms with E-state index >= 15 is 0 Å².